The molecule has 40 heavy (non-hydrogen) atoms. The van der Waals surface area contributed by atoms with E-state index in [4.69, 9.17) is 18.9 Å². The van der Waals surface area contributed by atoms with Crippen LogP contribution in [0, 0.1) is 6.92 Å². The number of likely N-dealkylation sites (tertiary alicyclic amines) is 1. The number of aliphatic hydroxyl groups is 1. The SMILES string of the molecule is C=CCOc1ccc(C2C(=C(O)c3ccc(OCCC)c(C)c3)C(=O)C(=O)N2CCN2CCOCC2)cc1OC. The molecule has 0 spiro atoms. The number of morpholine rings is 1. The largest absolute Gasteiger partial charge is 0.507 e. The Bertz CT molecular complexity index is 1270. The first kappa shape index (κ1) is 29.2. The van der Waals surface area contributed by atoms with E-state index < -0.39 is 17.7 Å². The van der Waals surface area contributed by atoms with Gasteiger partial charge in [0.2, 0.25) is 0 Å². The normalized spacial score (nSPS) is 19.1. The Morgan fingerprint density at radius 3 is 2.50 bits per heavy atom. The molecule has 4 rings (SSSR count). The van der Waals surface area contributed by atoms with E-state index in [1.54, 1.807) is 42.5 Å². The number of aliphatic hydroxyl groups excluding tert-OH is 1. The van der Waals surface area contributed by atoms with Crippen molar-refractivity contribution in [3.05, 3.63) is 71.3 Å². The molecule has 2 aliphatic heterocycles. The molecule has 2 aromatic carbocycles. The van der Waals surface area contributed by atoms with Crippen LogP contribution in [0.15, 0.2) is 54.6 Å². The summed E-state index contributed by atoms with van der Waals surface area (Å²) in [6.45, 7) is 12.1. The number of benzene rings is 2. The van der Waals surface area contributed by atoms with E-state index >= 15 is 0 Å². The Morgan fingerprint density at radius 1 is 1.07 bits per heavy atom. The minimum atomic E-state index is -0.806. The molecule has 1 amide bonds. The number of ether oxygens (including phenoxy) is 4. The molecule has 9 heteroatoms. The van der Waals surface area contributed by atoms with Crippen LogP contribution in [0.5, 0.6) is 17.2 Å². The molecule has 2 saturated heterocycles. The molecular weight excluding hydrogens is 512 g/mol. The molecular formula is C31H38N2O7. The summed E-state index contributed by atoms with van der Waals surface area (Å²) in [7, 11) is 1.53. The van der Waals surface area contributed by atoms with Gasteiger partial charge in [0, 0.05) is 31.7 Å². The van der Waals surface area contributed by atoms with E-state index in [1.165, 1.54) is 12.0 Å². The number of hydrogen-bond acceptors (Lipinski definition) is 8. The van der Waals surface area contributed by atoms with Gasteiger partial charge < -0.3 is 29.0 Å². The van der Waals surface area contributed by atoms with Crippen LogP contribution < -0.4 is 14.2 Å². The van der Waals surface area contributed by atoms with E-state index in [-0.39, 0.29) is 11.3 Å². The van der Waals surface area contributed by atoms with Gasteiger partial charge in [-0.1, -0.05) is 25.6 Å². The van der Waals surface area contributed by atoms with Crippen molar-refractivity contribution in [2.45, 2.75) is 26.3 Å². The van der Waals surface area contributed by atoms with E-state index in [1.807, 2.05) is 13.8 Å². The van der Waals surface area contributed by atoms with Crippen molar-refractivity contribution in [2.24, 2.45) is 0 Å². The first-order chi connectivity index (χ1) is 19.4. The first-order valence-corrected chi connectivity index (χ1v) is 13.6. The lowest BCUT2D eigenvalue weighted by molar-refractivity contribution is -0.140. The summed E-state index contributed by atoms with van der Waals surface area (Å²) in [5, 5.41) is 11.5. The number of hydrogen-bond donors (Lipinski definition) is 1. The van der Waals surface area contributed by atoms with Crippen LogP contribution in [0.4, 0.5) is 0 Å². The Kier molecular flexibility index (Phi) is 9.84. The van der Waals surface area contributed by atoms with Crippen LogP contribution >= 0.6 is 0 Å². The minimum absolute atomic E-state index is 0.0374. The molecule has 0 aliphatic carbocycles. The highest BCUT2D eigenvalue weighted by molar-refractivity contribution is 6.46. The zero-order valence-corrected chi connectivity index (χ0v) is 23.5. The van der Waals surface area contributed by atoms with Gasteiger partial charge in [0.05, 0.1) is 38.5 Å². The van der Waals surface area contributed by atoms with Gasteiger partial charge in [-0.2, -0.15) is 0 Å². The van der Waals surface area contributed by atoms with Crippen LogP contribution in [-0.4, -0.2) is 86.3 Å². The van der Waals surface area contributed by atoms with E-state index in [0.29, 0.717) is 67.9 Å². The molecule has 0 aromatic heterocycles. The zero-order chi connectivity index (χ0) is 28.6. The molecule has 2 heterocycles. The molecule has 9 nitrogen and oxygen atoms in total. The predicted octanol–water partition coefficient (Wildman–Crippen LogP) is 4.11. The Hall–Kier alpha value is -3.82. The van der Waals surface area contributed by atoms with Crippen LogP contribution in [0.25, 0.3) is 5.76 Å². The van der Waals surface area contributed by atoms with Gasteiger partial charge in [-0.3, -0.25) is 14.5 Å². The second kappa shape index (κ2) is 13.5. The standard InChI is InChI=1S/C31H38N2O7/c1-5-15-39-24-9-8-23(19-21(24)3)29(34)27-28(22-7-10-25(40-16-6-2)26(20-22)37-4)33(31(36)30(27)35)12-11-32-13-17-38-18-14-32/h6-10,19-20,28,34H,2,5,11-18H2,1,3-4H3. The third kappa shape index (κ3) is 6.32. The van der Waals surface area contributed by atoms with E-state index in [0.717, 1.165) is 25.1 Å². The third-order valence-electron chi connectivity index (χ3n) is 7.07. The Labute approximate surface area is 235 Å². The summed E-state index contributed by atoms with van der Waals surface area (Å²) in [6.07, 6.45) is 2.50. The van der Waals surface area contributed by atoms with Gasteiger partial charge >= 0.3 is 0 Å². The molecule has 1 unspecified atom stereocenters. The molecule has 1 N–H and O–H groups in total. The van der Waals surface area contributed by atoms with Crippen molar-refractivity contribution in [1.82, 2.24) is 9.80 Å². The molecule has 2 aromatic rings. The number of Topliss-reactive ketones (excluding diaryl/α,β-unsaturated/α-hetero) is 1. The topological polar surface area (TPSA) is 97.8 Å². The van der Waals surface area contributed by atoms with Gasteiger partial charge in [0.15, 0.2) is 11.5 Å². The molecule has 214 valence electrons. The summed E-state index contributed by atoms with van der Waals surface area (Å²) in [6, 6.07) is 9.72. The van der Waals surface area contributed by atoms with Crippen molar-refractivity contribution in [3.63, 3.8) is 0 Å². The highest BCUT2D eigenvalue weighted by atomic mass is 16.5. The molecule has 0 saturated carbocycles. The smallest absolute Gasteiger partial charge is 0.295 e. The quantitative estimate of drug-likeness (QED) is 0.183. The molecule has 2 aliphatic rings. The number of nitrogens with zero attached hydrogens (tertiary/aromatic N) is 2. The number of carbonyl (C=O) groups excluding carboxylic acids is 2. The van der Waals surface area contributed by atoms with Gasteiger partial charge in [-0.05, 0) is 54.8 Å². The van der Waals surface area contributed by atoms with Crippen LogP contribution in [0.2, 0.25) is 0 Å². The number of amides is 1. The number of aryl methyl sites for hydroxylation is 1. The van der Waals surface area contributed by atoms with Gasteiger partial charge in [-0.15, -0.1) is 0 Å². The maximum absolute atomic E-state index is 13.5. The summed E-state index contributed by atoms with van der Waals surface area (Å²) in [4.78, 5) is 30.6. The fraction of sp³-hybridized carbons (Fsp3) is 0.419. The lowest BCUT2D eigenvalue weighted by Crippen LogP contribution is -2.42. The summed E-state index contributed by atoms with van der Waals surface area (Å²) in [5.41, 5.74) is 1.93. The predicted molar refractivity (Wildman–Crippen MR) is 152 cm³/mol. The summed E-state index contributed by atoms with van der Waals surface area (Å²) in [5.74, 6) is 0.0694. The fourth-order valence-corrected chi connectivity index (χ4v) is 4.98. The molecule has 0 bridgehead atoms. The Morgan fingerprint density at radius 2 is 1.82 bits per heavy atom. The lowest BCUT2D eigenvalue weighted by Gasteiger charge is -2.31. The van der Waals surface area contributed by atoms with Crippen LogP contribution in [-0.2, 0) is 14.3 Å². The van der Waals surface area contributed by atoms with Crippen molar-refractivity contribution in [2.75, 3.05) is 59.7 Å². The van der Waals surface area contributed by atoms with Crippen molar-refractivity contribution >= 4 is 17.4 Å². The number of rotatable bonds is 12. The van der Waals surface area contributed by atoms with E-state index in [9.17, 15) is 14.7 Å². The average Bonchev–Trinajstić information content (AvgIpc) is 3.23. The highest BCUT2D eigenvalue weighted by Crippen LogP contribution is 2.42. The fourth-order valence-electron chi connectivity index (χ4n) is 4.98. The second-order valence-corrected chi connectivity index (χ2v) is 9.79. The molecule has 1 atom stereocenters. The summed E-state index contributed by atoms with van der Waals surface area (Å²) < 4.78 is 22.5. The molecule has 0 radical (unpaired) electrons. The van der Waals surface area contributed by atoms with Crippen LogP contribution in [0.3, 0.4) is 0 Å². The van der Waals surface area contributed by atoms with Gasteiger partial charge in [0.1, 0.15) is 18.1 Å². The van der Waals surface area contributed by atoms with Crippen molar-refractivity contribution in [1.29, 1.82) is 0 Å². The highest BCUT2D eigenvalue weighted by Gasteiger charge is 2.46. The Balaban J connectivity index is 1.76. The first-order valence-electron chi connectivity index (χ1n) is 13.6. The van der Waals surface area contributed by atoms with Crippen molar-refractivity contribution in [3.8, 4) is 17.2 Å². The lowest BCUT2D eigenvalue weighted by atomic mass is 9.94. The number of ketones is 1. The van der Waals surface area contributed by atoms with Crippen molar-refractivity contribution < 1.29 is 33.6 Å². The minimum Gasteiger partial charge on any atom is -0.507 e. The summed E-state index contributed by atoms with van der Waals surface area (Å²) >= 11 is 0. The van der Waals surface area contributed by atoms with Gasteiger partial charge in [0.25, 0.3) is 11.7 Å². The monoisotopic (exact) mass is 550 g/mol. The average molecular weight is 551 g/mol. The maximum atomic E-state index is 13.5. The molecule has 2 fully saturated rings. The number of carbonyl (C=O) groups is 2. The van der Waals surface area contributed by atoms with Gasteiger partial charge in [-0.25, -0.2) is 0 Å². The number of methoxy groups -OCH3 is 1. The van der Waals surface area contributed by atoms with E-state index in [2.05, 4.69) is 11.5 Å². The van der Waals surface area contributed by atoms with Crippen LogP contribution in [0.1, 0.15) is 36.1 Å². The zero-order valence-electron chi connectivity index (χ0n) is 23.5. The third-order valence-corrected chi connectivity index (χ3v) is 7.07. The second-order valence-electron chi connectivity index (χ2n) is 9.79. The maximum Gasteiger partial charge on any atom is 0.295 e.